The van der Waals surface area contributed by atoms with E-state index in [1.807, 2.05) is 30.3 Å². The Kier molecular flexibility index (Phi) is 5.45. The van der Waals surface area contributed by atoms with Crippen LogP contribution in [0.2, 0.25) is 5.02 Å². The molecule has 3 N–H and O–H groups in total. The van der Waals surface area contributed by atoms with Gasteiger partial charge in [-0.3, -0.25) is 0 Å². The molecule has 102 valence electrons. The molecule has 0 saturated heterocycles. The molecule has 19 heavy (non-hydrogen) atoms. The highest BCUT2D eigenvalue weighted by atomic mass is 79.9. The van der Waals surface area contributed by atoms with Crippen LogP contribution in [0.4, 0.5) is 0 Å². The van der Waals surface area contributed by atoms with Crippen molar-refractivity contribution < 1.29 is 5.11 Å². The van der Waals surface area contributed by atoms with Crippen LogP contribution in [0.1, 0.15) is 23.1 Å². The van der Waals surface area contributed by atoms with Gasteiger partial charge in [-0.15, -0.1) is 11.3 Å². The minimum Gasteiger partial charge on any atom is -0.388 e. The Morgan fingerprint density at radius 3 is 2.37 bits per heavy atom. The monoisotopic (exact) mass is 423 g/mol. The lowest BCUT2D eigenvalue weighted by Gasteiger charge is -2.22. The SMILES string of the molecule is NCC(c1ccc(Cl)cc1)C(O)c1cc(Br)sc1Br. The van der Waals surface area contributed by atoms with E-state index in [1.165, 1.54) is 11.3 Å². The Bertz CT molecular complexity index is 558. The van der Waals surface area contributed by atoms with Crippen LogP contribution in [-0.4, -0.2) is 11.7 Å². The highest BCUT2D eigenvalue weighted by Gasteiger charge is 2.24. The summed E-state index contributed by atoms with van der Waals surface area (Å²) in [6.07, 6.45) is -0.650. The van der Waals surface area contributed by atoms with E-state index in [1.54, 1.807) is 0 Å². The molecular formula is C13H12Br2ClNOS. The summed E-state index contributed by atoms with van der Waals surface area (Å²) in [5, 5.41) is 11.2. The Morgan fingerprint density at radius 2 is 1.89 bits per heavy atom. The van der Waals surface area contributed by atoms with Gasteiger partial charge in [0.15, 0.2) is 0 Å². The maximum atomic E-state index is 10.5. The number of halogens is 3. The maximum absolute atomic E-state index is 10.5. The van der Waals surface area contributed by atoms with E-state index >= 15 is 0 Å². The average Bonchev–Trinajstić information content (AvgIpc) is 2.71. The summed E-state index contributed by atoms with van der Waals surface area (Å²) in [6.45, 7) is 0.364. The van der Waals surface area contributed by atoms with Crippen LogP contribution in [0.3, 0.4) is 0 Å². The van der Waals surface area contributed by atoms with Gasteiger partial charge < -0.3 is 10.8 Å². The second-order valence-electron chi connectivity index (χ2n) is 4.12. The first-order chi connectivity index (χ1) is 9.02. The van der Waals surface area contributed by atoms with Crippen LogP contribution in [-0.2, 0) is 0 Å². The quantitative estimate of drug-likeness (QED) is 0.746. The molecule has 0 amide bonds. The molecule has 0 radical (unpaired) electrons. The van der Waals surface area contributed by atoms with Crippen LogP contribution < -0.4 is 5.73 Å². The third-order valence-corrected chi connectivity index (χ3v) is 5.57. The molecule has 1 aromatic heterocycles. The molecular weight excluding hydrogens is 413 g/mol. The van der Waals surface area contributed by atoms with Crippen molar-refractivity contribution >= 4 is 54.8 Å². The van der Waals surface area contributed by atoms with Gasteiger partial charge in [-0.2, -0.15) is 0 Å². The van der Waals surface area contributed by atoms with Gasteiger partial charge in [0.25, 0.3) is 0 Å². The van der Waals surface area contributed by atoms with Gasteiger partial charge in [0.2, 0.25) is 0 Å². The topological polar surface area (TPSA) is 46.2 Å². The van der Waals surface area contributed by atoms with Crippen LogP contribution in [0.25, 0.3) is 0 Å². The van der Waals surface area contributed by atoms with E-state index in [0.29, 0.717) is 11.6 Å². The summed E-state index contributed by atoms with van der Waals surface area (Å²) in [6, 6.07) is 9.34. The standard InChI is InChI=1S/C13H12Br2ClNOS/c14-11-5-9(13(15)19-11)12(18)10(6-17)7-1-3-8(16)4-2-7/h1-5,10,12,18H,6,17H2. The zero-order valence-corrected chi connectivity index (χ0v) is 14.6. The number of rotatable bonds is 4. The number of benzene rings is 1. The van der Waals surface area contributed by atoms with Crippen LogP contribution in [0, 0.1) is 0 Å². The van der Waals surface area contributed by atoms with Gasteiger partial charge in [0, 0.05) is 23.0 Å². The molecule has 0 fully saturated rings. The summed E-state index contributed by atoms with van der Waals surface area (Å²) >= 11 is 14.3. The molecule has 1 aromatic carbocycles. The number of nitrogens with two attached hydrogens (primary N) is 1. The van der Waals surface area contributed by atoms with Crippen molar-refractivity contribution in [1.82, 2.24) is 0 Å². The van der Waals surface area contributed by atoms with E-state index in [9.17, 15) is 5.11 Å². The van der Waals surface area contributed by atoms with E-state index in [0.717, 1.165) is 18.7 Å². The molecule has 2 unspecified atom stereocenters. The van der Waals surface area contributed by atoms with Crippen molar-refractivity contribution in [3.05, 3.63) is 54.1 Å². The largest absolute Gasteiger partial charge is 0.388 e. The third-order valence-electron chi connectivity index (χ3n) is 2.93. The number of hydrogen-bond donors (Lipinski definition) is 2. The lowest BCUT2D eigenvalue weighted by molar-refractivity contribution is 0.147. The Labute approximate surface area is 137 Å². The fraction of sp³-hybridized carbons (Fsp3) is 0.231. The number of hydrogen-bond acceptors (Lipinski definition) is 3. The maximum Gasteiger partial charge on any atom is 0.0890 e. The fourth-order valence-electron chi connectivity index (χ4n) is 1.93. The zero-order chi connectivity index (χ0) is 14.0. The normalized spacial score (nSPS) is 14.4. The van der Waals surface area contributed by atoms with Gasteiger partial charge in [-0.1, -0.05) is 23.7 Å². The van der Waals surface area contributed by atoms with Crippen LogP contribution in [0.15, 0.2) is 37.9 Å². The van der Waals surface area contributed by atoms with Gasteiger partial charge in [0.05, 0.1) is 13.7 Å². The number of aliphatic hydroxyl groups excluding tert-OH is 1. The van der Waals surface area contributed by atoms with E-state index < -0.39 is 6.10 Å². The van der Waals surface area contributed by atoms with Crippen molar-refractivity contribution in [3.8, 4) is 0 Å². The van der Waals surface area contributed by atoms with Gasteiger partial charge in [0.1, 0.15) is 0 Å². The molecule has 0 bridgehead atoms. The molecule has 0 spiro atoms. The number of aliphatic hydroxyl groups is 1. The summed E-state index contributed by atoms with van der Waals surface area (Å²) < 4.78 is 1.89. The molecule has 6 heteroatoms. The van der Waals surface area contributed by atoms with Crippen molar-refractivity contribution in [1.29, 1.82) is 0 Å². The van der Waals surface area contributed by atoms with Crippen molar-refractivity contribution in [2.45, 2.75) is 12.0 Å². The van der Waals surface area contributed by atoms with Crippen molar-refractivity contribution in [2.24, 2.45) is 5.73 Å². The van der Waals surface area contributed by atoms with E-state index in [4.69, 9.17) is 17.3 Å². The minimum absolute atomic E-state index is 0.157. The highest BCUT2D eigenvalue weighted by molar-refractivity contribution is 9.12. The van der Waals surface area contributed by atoms with Gasteiger partial charge in [-0.25, -0.2) is 0 Å². The van der Waals surface area contributed by atoms with Crippen LogP contribution in [0.5, 0.6) is 0 Å². The first kappa shape index (κ1) is 15.5. The predicted molar refractivity (Wildman–Crippen MR) is 87.9 cm³/mol. The molecule has 2 rings (SSSR count). The van der Waals surface area contributed by atoms with E-state index in [2.05, 4.69) is 31.9 Å². The third kappa shape index (κ3) is 3.60. The summed E-state index contributed by atoms with van der Waals surface area (Å²) in [7, 11) is 0. The predicted octanol–water partition coefficient (Wildman–Crippen LogP) is 4.70. The minimum atomic E-state index is -0.650. The fourth-order valence-corrected chi connectivity index (χ4v) is 4.97. The number of thiophene rings is 1. The molecule has 2 aromatic rings. The average molecular weight is 426 g/mol. The highest BCUT2D eigenvalue weighted by Crippen LogP contribution is 2.40. The van der Waals surface area contributed by atoms with Gasteiger partial charge in [-0.05, 0) is 55.6 Å². The smallest absolute Gasteiger partial charge is 0.0890 e. The molecule has 2 atom stereocenters. The first-order valence-electron chi connectivity index (χ1n) is 5.61. The molecule has 0 aliphatic carbocycles. The summed E-state index contributed by atoms with van der Waals surface area (Å²) in [5.41, 5.74) is 7.65. The van der Waals surface area contributed by atoms with Gasteiger partial charge >= 0.3 is 0 Å². The van der Waals surface area contributed by atoms with Crippen molar-refractivity contribution in [2.75, 3.05) is 6.54 Å². The molecule has 0 saturated carbocycles. The lowest BCUT2D eigenvalue weighted by Crippen LogP contribution is -2.20. The lowest BCUT2D eigenvalue weighted by atomic mass is 9.90. The second kappa shape index (κ2) is 6.70. The Morgan fingerprint density at radius 1 is 1.26 bits per heavy atom. The second-order valence-corrected chi connectivity index (χ2v) is 8.30. The first-order valence-corrected chi connectivity index (χ1v) is 8.39. The molecule has 1 heterocycles. The molecule has 0 aliphatic heterocycles. The Hall–Kier alpha value is 0.0900. The summed E-state index contributed by atoms with van der Waals surface area (Å²) in [5.74, 6) is -0.157. The summed E-state index contributed by atoms with van der Waals surface area (Å²) in [4.78, 5) is 0. The molecule has 0 aliphatic rings. The van der Waals surface area contributed by atoms with Crippen molar-refractivity contribution in [3.63, 3.8) is 0 Å². The van der Waals surface area contributed by atoms with Crippen LogP contribution >= 0.6 is 54.8 Å². The Balaban J connectivity index is 2.31. The molecule has 2 nitrogen and oxygen atoms in total. The zero-order valence-electron chi connectivity index (χ0n) is 9.82. The van der Waals surface area contributed by atoms with E-state index in [-0.39, 0.29) is 5.92 Å².